The molecule has 0 radical (unpaired) electrons. The summed E-state index contributed by atoms with van der Waals surface area (Å²) < 4.78 is 0. The maximum Gasteiger partial charge on any atom is 0.138 e. The van der Waals surface area contributed by atoms with E-state index in [0.29, 0.717) is 32.0 Å². The van der Waals surface area contributed by atoms with Gasteiger partial charge in [0.15, 0.2) is 0 Å². The minimum absolute atomic E-state index is 0.00139. The van der Waals surface area contributed by atoms with Gasteiger partial charge in [0.05, 0.1) is 0 Å². The average Bonchev–Trinajstić information content (AvgIpc) is 2.75. The highest BCUT2D eigenvalue weighted by molar-refractivity contribution is 6.09. The van der Waals surface area contributed by atoms with Crippen molar-refractivity contribution in [1.29, 1.82) is 21.0 Å². The molecule has 4 heteroatoms. The number of nitrogens with zero attached hydrogens (tertiary/aromatic N) is 4. The summed E-state index contributed by atoms with van der Waals surface area (Å²) in [6, 6.07) is 26.8. The Morgan fingerprint density at radius 2 is 0.857 bits per heavy atom. The quantitative estimate of drug-likeness (QED) is 0.451. The van der Waals surface area contributed by atoms with Gasteiger partial charge in [0, 0.05) is 10.4 Å². The minimum atomic E-state index is -0.00139. The number of hydrogen-bond donors (Lipinski definition) is 0. The lowest BCUT2D eigenvalue weighted by molar-refractivity contribution is 1.50. The first-order chi connectivity index (χ1) is 13.7. The Kier molecular flexibility index (Phi) is 3.95. The fraction of sp³-hybridized carbons (Fsp3) is 0. The van der Waals surface area contributed by atoms with Gasteiger partial charge in [-0.05, 0) is 44.5 Å². The fourth-order valence-corrected chi connectivity index (χ4v) is 3.68. The Bertz CT molecular complexity index is 1440. The van der Waals surface area contributed by atoms with Crippen LogP contribution in [0.5, 0.6) is 0 Å². The fourth-order valence-electron chi connectivity index (χ4n) is 3.68. The van der Waals surface area contributed by atoms with Gasteiger partial charge in [0.1, 0.15) is 35.4 Å². The highest BCUT2D eigenvalue weighted by Gasteiger charge is 2.13. The lowest BCUT2D eigenvalue weighted by Crippen LogP contribution is -2.18. The lowest BCUT2D eigenvalue weighted by atomic mass is 9.92. The smallest absolute Gasteiger partial charge is 0.138 e. The molecule has 0 aliphatic rings. The van der Waals surface area contributed by atoms with Crippen LogP contribution in [-0.2, 0) is 0 Å². The Morgan fingerprint density at radius 1 is 0.500 bits per heavy atom. The first kappa shape index (κ1) is 16.8. The van der Waals surface area contributed by atoms with Crippen LogP contribution in [0.4, 0.5) is 0 Å². The number of fused-ring (bicyclic) bond motifs is 3. The molecule has 0 aliphatic carbocycles. The second-order valence-corrected chi connectivity index (χ2v) is 6.24. The van der Waals surface area contributed by atoms with Gasteiger partial charge in [-0.2, -0.15) is 21.0 Å². The van der Waals surface area contributed by atoms with Crippen molar-refractivity contribution in [2.75, 3.05) is 0 Å². The summed E-state index contributed by atoms with van der Waals surface area (Å²) in [5, 5.41) is 43.9. The lowest BCUT2D eigenvalue weighted by Gasteiger charge is -2.10. The summed E-state index contributed by atoms with van der Waals surface area (Å²) in [7, 11) is 0. The zero-order chi connectivity index (χ0) is 19.7. The first-order valence-corrected chi connectivity index (χ1v) is 8.45. The van der Waals surface area contributed by atoms with Gasteiger partial charge in [0.25, 0.3) is 0 Å². The first-order valence-electron chi connectivity index (χ1n) is 8.45. The molecule has 0 N–H and O–H groups in total. The van der Waals surface area contributed by atoms with E-state index in [1.807, 2.05) is 84.9 Å². The third-order valence-corrected chi connectivity index (χ3v) is 4.84. The van der Waals surface area contributed by atoms with Crippen molar-refractivity contribution in [2.24, 2.45) is 0 Å². The van der Waals surface area contributed by atoms with Gasteiger partial charge in [-0.3, -0.25) is 0 Å². The van der Waals surface area contributed by atoms with Crippen LogP contribution in [-0.4, -0.2) is 0 Å². The molecule has 0 fully saturated rings. The Hall–Kier alpha value is -4.64. The van der Waals surface area contributed by atoms with E-state index in [2.05, 4.69) is 0 Å². The van der Waals surface area contributed by atoms with E-state index in [4.69, 9.17) is 0 Å². The number of benzene rings is 4. The van der Waals surface area contributed by atoms with Crippen molar-refractivity contribution in [3.05, 3.63) is 71.1 Å². The predicted molar refractivity (Wildman–Crippen MR) is 107 cm³/mol. The van der Waals surface area contributed by atoms with Crippen LogP contribution in [0.3, 0.4) is 0 Å². The molecule has 0 aliphatic heterocycles. The highest BCUT2D eigenvalue weighted by Crippen LogP contribution is 2.22. The zero-order valence-corrected chi connectivity index (χ0v) is 14.6. The van der Waals surface area contributed by atoms with Crippen LogP contribution in [0.25, 0.3) is 43.5 Å². The maximum absolute atomic E-state index is 9.56. The molecule has 0 heterocycles. The predicted octanol–water partition coefficient (Wildman–Crippen LogP) is 3.54. The molecule has 0 spiro atoms. The van der Waals surface area contributed by atoms with Gasteiger partial charge in [-0.1, -0.05) is 48.5 Å². The molecule has 4 nitrogen and oxygen atoms in total. The minimum Gasteiger partial charge on any atom is -0.192 e. The summed E-state index contributed by atoms with van der Waals surface area (Å²) >= 11 is 0. The van der Waals surface area contributed by atoms with Crippen LogP contribution >= 0.6 is 0 Å². The van der Waals surface area contributed by atoms with E-state index in [1.165, 1.54) is 0 Å². The molecule has 0 amide bonds. The largest absolute Gasteiger partial charge is 0.192 e. The topological polar surface area (TPSA) is 95.2 Å². The summed E-state index contributed by atoms with van der Waals surface area (Å²) in [5.74, 6) is 0. The van der Waals surface area contributed by atoms with E-state index in [0.717, 1.165) is 10.8 Å². The summed E-state index contributed by atoms with van der Waals surface area (Å²) in [6.45, 7) is 0. The van der Waals surface area contributed by atoms with Gasteiger partial charge in [-0.15, -0.1) is 0 Å². The molecular formula is C24H10N4. The zero-order valence-electron chi connectivity index (χ0n) is 14.6. The SMILES string of the molecule is N#CC(C#N)=c1c2ccccc2c(=C(C#N)C#N)c2cc3ccccc3cc12. The van der Waals surface area contributed by atoms with Crippen LogP contribution in [0.2, 0.25) is 0 Å². The van der Waals surface area contributed by atoms with Crippen molar-refractivity contribution in [1.82, 2.24) is 0 Å². The molecule has 0 bridgehead atoms. The van der Waals surface area contributed by atoms with Crippen molar-refractivity contribution in [2.45, 2.75) is 0 Å². The average molecular weight is 354 g/mol. The Labute approximate surface area is 160 Å². The van der Waals surface area contributed by atoms with Gasteiger partial charge < -0.3 is 0 Å². The molecular weight excluding hydrogens is 344 g/mol. The highest BCUT2D eigenvalue weighted by atomic mass is 14.3. The third kappa shape index (κ3) is 2.35. The van der Waals surface area contributed by atoms with E-state index in [9.17, 15) is 21.0 Å². The molecule has 28 heavy (non-hydrogen) atoms. The van der Waals surface area contributed by atoms with Crippen molar-refractivity contribution < 1.29 is 0 Å². The van der Waals surface area contributed by atoms with Gasteiger partial charge in [0.2, 0.25) is 0 Å². The molecule has 0 unspecified atom stereocenters. The summed E-state index contributed by atoms with van der Waals surface area (Å²) in [6.07, 6.45) is 0. The number of rotatable bonds is 0. The van der Waals surface area contributed by atoms with E-state index in [1.54, 1.807) is 0 Å². The second-order valence-electron chi connectivity index (χ2n) is 6.24. The van der Waals surface area contributed by atoms with E-state index < -0.39 is 0 Å². The van der Waals surface area contributed by atoms with E-state index >= 15 is 0 Å². The molecule has 0 saturated heterocycles. The Morgan fingerprint density at radius 3 is 1.21 bits per heavy atom. The van der Waals surface area contributed by atoms with E-state index in [-0.39, 0.29) is 11.1 Å². The van der Waals surface area contributed by atoms with Crippen LogP contribution in [0.1, 0.15) is 0 Å². The van der Waals surface area contributed by atoms with Crippen molar-refractivity contribution >= 4 is 43.5 Å². The molecule has 0 aromatic heterocycles. The maximum atomic E-state index is 9.56. The Balaban J connectivity index is 2.57. The van der Waals surface area contributed by atoms with Crippen LogP contribution in [0, 0.1) is 45.3 Å². The standard InChI is InChI=1S/C24H10N4/c25-11-17(12-26)23-19-7-3-4-8-20(19)24(18(13-27)14-28)22-10-16-6-2-1-5-15(16)9-21(22)23/h1-10H. The van der Waals surface area contributed by atoms with Crippen molar-refractivity contribution in [3.8, 4) is 24.3 Å². The van der Waals surface area contributed by atoms with Gasteiger partial charge >= 0.3 is 0 Å². The molecule has 0 saturated carbocycles. The molecule has 4 aromatic carbocycles. The third-order valence-electron chi connectivity index (χ3n) is 4.84. The number of nitriles is 4. The summed E-state index contributed by atoms with van der Waals surface area (Å²) in [4.78, 5) is 0. The summed E-state index contributed by atoms with van der Waals surface area (Å²) in [5.41, 5.74) is -0.00278. The van der Waals surface area contributed by atoms with Crippen LogP contribution in [0.15, 0.2) is 60.7 Å². The van der Waals surface area contributed by atoms with Crippen molar-refractivity contribution in [3.63, 3.8) is 0 Å². The number of hydrogen-bond acceptors (Lipinski definition) is 4. The molecule has 4 aromatic rings. The molecule has 126 valence electrons. The molecule has 4 rings (SSSR count). The molecule has 0 atom stereocenters. The van der Waals surface area contributed by atoms with Gasteiger partial charge in [-0.25, -0.2) is 0 Å². The second kappa shape index (κ2) is 6.59. The monoisotopic (exact) mass is 354 g/mol. The normalized spacial score (nSPS) is 10.0. The van der Waals surface area contributed by atoms with Crippen LogP contribution < -0.4 is 10.4 Å².